The van der Waals surface area contributed by atoms with Crippen LogP contribution in [0.5, 0.6) is 0 Å². The highest BCUT2D eigenvalue weighted by Crippen LogP contribution is 2.42. The molecule has 1 saturated heterocycles. The van der Waals surface area contributed by atoms with E-state index < -0.39 is 0 Å². The van der Waals surface area contributed by atoms with E-state index in [4.69, 9.17) is 12.2 Å². The molecule has 0 radical (unpaired) electrons. The highest BCUT2D eigenvalue weighted by Gasteiger charge is 2.42. The van der Waals surface area contributed by atoms with E-state index in [9.17, 15) is 4.39 Å². The van der Waals surface area contributed by atoms with E-state index >= 15 is 0 Å². The third-order valence-electron chi connectivity index (χ3n) is 5.21. The largest absolute Gasteiger partial charge is 0.351 e. The molecule has 0 spiro atoms. The summed E-state index contributed by atoms with van der Waals surface area (Å²) in [6, 6.07) is 19.9. The molecule has 1 aromatic carbocycles. The van der Waals surface area contributed by atoms with Gasteiger partial charge in [0.1, 0.15) is 11.9 Å². The van der Waals surface area contributed by atoms with Gasteiger partial charge in [0.15, 0.2) is 5.11 Å². The van der Waals surface area contributed by atoms with Crippen molar-refractivity contribution >= 4 is 23.0 Å². The summed E-state index contributed by atoms with van der Waals surface area (Å²) in [4.78, 5) is 10.9. The molecule has 2 atom stereocenters. The average Bonchev–Trinajstić information content (AvgIpc) is 3.40. The molecule has 0 aliphatic carbocycles. The van der Waals surface area contributed by atoms with E-state index in [1.165, 1.54) is 12.1 Å². The van der Waals surface area contributed by atoms with Crippen molar-refractivity contribution in [3.05, 3.63) is 109 Å². The van der Waals surface area contributed by atoms with Gasteiger partial charge in [-0.1, -0.05) is 6.07 Å². The fourth-order valence-electron chi connectivity index (χ4n) is 3.90. The quantitative estimate of drug-likeness (QED) is 0.494. The molecule has 3 aromatic heterocycles. The summed E-state index contributed by atoms with van der Waals surface area (Å²) < 4.78 is 15.7. The monoisotopic (exact) mass is 415 g/mol. The molecule has 5 rings (SSSR count). The standard InChI is InChI=1S/C23H18FN5S/c24-16-8-10-17(11-9-16)29-22(21(27-23(29)30)19-6-1-2-13-26-19)20-7-4-14-28(20)18-5-3-12-25-15-18/h1-15,21-22H,(H,27,30)/t21-,22+/m0/s1. The lowest BCUT2D eigenvalue weighted by Gasteiger charge is -2.29. The van der Waals surface area contributed by atoms with Gasteiger partial charge < -0.3 is 14.8 Å². The Morgan fingerprint density at radius 1 is 0.900 bits per heavy atom. The Hall–Kier alpha value is -3.58. The zero-order valence-corrected chi connectivity index (χ0v) is 16.7. The second-order valence-corrected chi connectivity index (χ2v) is 7.37. The van der Waals surface area contributed by atoms with Crippen molar-refractivity contribution in [2.45, 2.75) is 12.1 Å². The summed E-state index contributed by atoms with van der Waals surface area (Å²) in [6.45, 7) is 0. The van der Waals surface area contributed by atoms with Crippen LogP contribution in [-0.4, -0.2) is 19.6 Å². The molecular formula is C23H18FN5S. The zero-order valence-electron chi connectivity index (χ0n) is 15.9. The molecule has 4 aromatic rings. The van der Waals surface area contributed by atoms with Gasteiger partial charge in [0.05, 0.1) is 23.6 Å². The number of anilines is 1. The maximum absolute atomic E-state index is 13.6. The first-order valence-corrected chi connectivity index (χ1v) is 9.97. The van der Waals surface area contributed by atoms with Crippen LogP contribution in [0.25, 0.3) is 5.69 Å². The summed E-state index contributed by atoms with van der Waals surface area (Å²) in [5.74, 6) is -0.284. The number of aromatic nitrogens is 3. The first-order chi connectivity index (χ1) is 14.7. The van der Waals surface area contributed by atoms with Crippen molar-refractivity contribution in [1.82, 2.24) is 19.9 Å². The fourth-order valence-corrected chi connectivity index (χ4v) is 4.25. The normalized spacial score (nSPS) is 18.4. The Morgan fingerprint density at radius 2 is 1.77 bits per heavy atom. The van der Waals surface area contributed by atoms with Crippen molar-refractivity contribution in [2.75, 3.05) is 4.90 Å². The number of thiocarbonyl (C=S) groups is 1. The Labute approximate surface area is 178 Å². The lowest BCUT2D eigenvalue weighted by atomic mass is 10.0. The van der Waals surface area contributed by atoms with E-state index in [0.717, 1.165) is 22.8 Å². The van der Waals surface area contributed by atoms with Crippen LogP contribution in [0, 0.1) is 5.82 Å². The van der Waals surface area contributed by atoms with E-state index in [-0.39, 0.29) is 17.9 Å². The summed E-state index contributed by atoms with van der Waals surface area (Å²) in [5, 5.41) is 3.99. The lowest BCUT2D eigenvalue weighted by Crippen LogP contribution is -2.30. The molecule has 0 unspecified atom stereocenters. The van der Waals surface area contributed by atoms with Crippen LogP contribution in [0.4, 0.5) is 10.1 Å². The van der Waals surface area contributed by atoms with Gasteiger partial charge in [-0.3, -0.25) is 9.97 Å². The van der Waals surface area contributed by atoms with Gasteiger partial charge in [0, 0.05) is 30.0 Å². The second-order valence-electron chi connectivity index (χ2n) is 6.99. The minimum absolute atomic E-state index is 0.172. The molecule has 148 valence electrons. The molecule has 30 heavy (non-hydrogen) atoms. The van der Waals surface area contributed by atoms with Crippen LogP contribution >= 0.6 is 12.2 Å². The third kappa shape index (κ3) is 3.23. The smallest absolute Gasteiger partial charge is 0.174 e. The molecule has 1 aliphatic rings. The van der Waals surface area contributed by atoms with Crippen LogP contribution < -0.4 is 10.2 Å². The lowest BCUT2D eigenvalue weighted by molar-refractivity contribution is 0.549. The minimum atomic E-state index is -0.284. The maximum atomic E-state index is 13.6. The van der Waals surface area contributed by atoms with Crippen molar-refractivity contribution in [1.29, 1.82) is 0 Å². The number of pyridine rings is 2. The Balaban J connectivity index is 1.67. The van der Waals surface area contributed by atoms with Gasteiger partial charge in [0.2, 0.25) is 0 Å². The van der Waals surface area contributed by atoms with Crippen LogP contribution in [-0.2, 0) is 0 Å². The molecule has 1 aliphatic heterocycles. The predicted molar refractivity (Wildman–Crippen MR) is 118 cm³/mol. The molecule has 1 fully saturated rings. The number of hydrogen-bond acceptors (Lipinski definition) is 3. The SMILES string of the molecule is Fc1ccc(N2C(=S)N[C@@H](c3ccccn3)[C@H]2c2cccn2-c2cccnc2)cc1. The Bertz CT molecular complexity index is 1160. The summed E-state index contributed by atoms with van der Waals surface area (Å²) >= 11 is 5.72. The second kappa shape index (κ2) is 7.68. The number of rotatable bonds is 4. The van der Waals surface area contributed by atoms with E-state index in [1.54, 1.807) is 24.5 Å². The van der Waals surface area contributed by atoms with Crippen LogP contribution in [0.3, 0.4) is 0 Å². The predicted octanol–water partition coefficient (Wildman–Crippen LogP) is 4.58. The maximum Gasteiger partial charge on any atom is 0.174 e. The van der Waals surface area contributed by atoms with Gasteiger partial charge in [0.25, 0.3) is 0 Å². The average molecular weight is 415 g/mol. The summed E-state index contributed by atoms with van der Waals surface area (Å²) in [7, 11) is 0. The number of halogens is 1. The van der Waals surface area contributed by atoms with Crippen LogP contribution in [0.15, 0.2) is 91.5 Å². The number of benzene rings is 1. The van der Waals surface area contributed by atoms with Gasteiger partial charge >= 0.3 is 0 Å². The third-order valence-corrected chi connectivity index (χ3v) is 5.52. The van der Waals surface area contributed by atoms with Crippen molar-refractivity contribution in [3.63, 3.8) is 0 Å². The highest BCUT2D eigenvalue weighted by molar-refractivity contribution is 7.80. The van der Waals surface area contributed by atoms with Crippen molar-refractivity contribution < 1.29 is 4.39 Å². The minimum Gasteiger partial charge on any atom is -0.351 e. The molecule has 4 heterocycles. The van der Waals surface area contributed by atoms with E-state index in [2.05, 4.69) is 25.9 Å². The number of hydrogen-bond donors (Lipinski definition) is 1. The summed E-state index contributed by atoms with van der Waals surface area (Å²) in [5.41, 5.74) is 3.68. The van der Waals surface area contributed by atoms with E-state index in [1.807, 2.05) is 53.7 Å². The Morgan fingerprint density at radius 3 is 2.50 bits per heavy atom. The van der Waals surface area contributed by atoms with Gasteiger partial charge in [-0.05, 0) is 72.9 Å². The first-order valence-electron chi connectivity index (χ1n) is 9.56. The van der Waals surface area contributed by atoms with Crippen molar-refractivity contribution in [3.8, 4) is 5.69 Å². The van der Waals surface area contributed by atoms with Crippen LogP contribution in [0.2, 0.25) is 0 Å². The van der Waals surface area contributed by atoms with Crippen molar-refractivity contribution in [2.24, 2.45) is 0 Å². The van der Waals surface area contributed by atoms with Gasteiger partial charge in [-0.15, -0.1) is 0 Å². The molecule has 1 N–H and O–H groups in total. The highest BCUT2D eigenvalue weighted by atomic mass is 32.1. The molecule has 0 amide bonds. The summed E-state index contributed by atoms with van der Waals surface area (Å²) in [6.07, 6.45) is 7.35. The topological polar surface area (TPSA) is 46.0 Å². The fraction of sp³-hybridized carbons (Fsp3) is 0.0870. The molecule has 7 heteroatoms. The molecular weight excluding hydrogens is 397 g/mol. The molecule has 5 nitrogen and oxygen atoms in total. The van der Waals surface area contributed by atoms with Crippen LogP contribution in [0.1, 0.15) is 23.5 Å². The zero-order chi connectivity index (χ0) is 20.5. The van der Waals surface area contributed by atoms with Gasteiger partial charge in [-0.25, -0.2) is 4.39 Å². The van der Waals surface area contributed by atoms with Gasteiger partial charge in [-0.2, -0.15) is 0 Å². The van der Waals surface area contributed by atoms with E-state index in [0.29, 0.717) is 5.11 Å². The Kier molecular flexibility index (Phi) is 4.72. The molecule has 0 bridgehead atoms. The number of nitrogens with one attached hydrogen (secondary N) is 1. The number of nitrogens with zero attached hydrogens (tertiary/aromatic N) is 4. The first kappa shape index (κ1) is 18.4. The molecule has 0 saturated carbocycles.